The molecule has 0 aromatic carbocycles. The SMILES string of the molecule is CCCCCC(CC(C(=O)[O-])C(=O)[O-])C(C)(C)C.[K+].[Li+]. The van der Waals surface area contributed by atoms with E-state index in [0.717, 1.165) is 25.7 Å². The first-order chi connectivity index (χ1) is 8.20. The molecule has 20 heavy (non-hydrogen) atoms. The van der Waals surface area contributed by atoms with Gasteiger partial charge in [-0.1, -0.05) is 47.0 Å². The average Bonchev–Trinajstić information content (AvgIpc) is 2.20. The molecular formula is C14H24KLiO4. The van der Waals surface area contributed by atoms with Crippen LogP contribution in [0.1, 0.15) is 59.8 Å². The molecule has 0 saturated heterocycles. The molecule has 0 aliphatic rings. The van der Waals surface area contributed by atoms with Gasteiger partial charge in [-0.15, -0.1) is 0 Å². The Hall–Kier alpha value is 1.17. The Morgan fingerprint density at radius 3 is 1.80 bits per heavy atom. The molecule has 0 saturated carbocycles. The fourth-order valence-electron chi connectivity index (χ4n) is 2.12. The van der Waals surface area contributed by atoms with Gasteiger partial charge in [0.15, 0.2) is 0 Å². The Morgan fingerprint density at radius 2 is 1.50 bits per heavy atom. The second-order valence-electron chi connectivity index (χ2n) is 5.99. The first-order valence-corrected chi connectivity index (χ1v) is 6.61. The van der Waals surface area contributed by atoms with Gasteiger partial charge in [-0.2, -0.15) is 0 Å². The molecule has 0 fully saturated rings. The Labute approximate surface area is 177 Å². The van der Waals surface area contributed by atoms with Gasteiger partial charge in [0.05, 0.1) is 11.9 Å². The number of rotatable bonds is 8. The number of carboxylic acids is 2. The van der Waals surface area contributed by atoms with Crippen LogP contribution in [-0.4, -0.2) is 11.9 Å². The van der Waals surface area contributed by atoms with E-state index in [9.17, 15) is 19.8 Å². The maximum absolute atomic E-state index is 10.8. The van der Waals surface area contributed by atoms with Crippen LogP contribution in [0.3, 0.4) is 0 Å². The minimum Gasteiger partial charge on any atom is -0.549 e. The molecule has 0 spiro atoms. The van der Waals surface area contributed by atoms with E-state index in [1.807, 2.05) is 20.8 Å². The summed E-state index contributed by atoms with van der Waals surface area (Å²) in [6.07, 6.45) is 4.09. The fourth-order valence-corrected chi connectivity index (χ4v) is 2.12. The van der Waals surface area contributed by atoms with E-state index in [1.54, 1.807) is 0 Å². The van der Waals surface area contributed by atoms with Crippen LogP contribution < -0.4 is 80.5 Å². The predicted molar refractivity (Wildman–Crippen MR) is 65.2 cm³/mol. The summed E-state index contributed by atoms with van der Waals surface area (Å²) in [5.41, 5.74) is -0.114. The molecule has 0 amide bonds. The van der Waals surface area contributed by atoms with Crippen LogP contribution in [0.4, 0.5) is 0 Å². The van der Waals surface area contributed by atoms with Crippen LogP contribution >= 0.6 is 0 Å². The van der Waals surface area contributed by atoms with Crippen molar-refractivity contribution in [1.29, 1.82) is 0 Å². The summed E-state index contributed by atoms with van der Waals surface area (Å²) in [6.45, 7) is 8.11. The van der Waals surface area contributed by atoms with E-state index in [-0.39, 0.29) is 88.0 Å². The summed E-state index contributed by atoms with van der Waals surface area (Å²) in [5.74, 6) is -4.54. The second-order valence-corrected chi connectivity index (χ2v) is 5.99. The molecule has 6 heteroatoms. The molecule has 0 N–H and O–H groups in total. The van der Waals surface area contributed by atoms with E-state index < -0.39 is 17.9 Å². The average molecular weight is 302 g/mol. The quantitative estimate of drug-likeness (QED) is 0.255. The third-order valence-electron chi connectivity index (χ3n) is 3.47. The van der Waals surface area contributed by atoms with Gasteiger partial charge in [0.2, 0.25) is 0 Å². The Morgan fingerprint density at radius 1 is 1.05 bits per heavy atom. The van der Waals surface area contributed by atoms with Crippen molar-refractivity contribution < 1.29 is 90.0 Å². The van der Waals surface area contributed by atoms with Gasteiger partial charge in [0.25, 0.3) is 0 Å². The zero-order valence-electron chi connectivity index (χ0n) is 13.8. The van der Waals surface area contributed by atoms with Crippen LogP contribution in [0.2, 0.25) is 0 Å². The number of carbonyl (C=O) groups excluding carboxylic acids is 2. The monoisotopic (exact) mass is 302 g/mol. The van der Waals surface area contributed by atoms with Crippen LogP contribution in [0.25, 0.3) is 0 Å². The van der Waals surface area contributed by atoms with Gasteiger partial charge in [-0.25, -0.2) is 0 Å². The molecule has 1 unspecified atom stereocenters. The van der Waals surface area contributed by atoms with Gasteiger partial charge >= 0.3 is 70.2 Å². The van der Waals surface area contributed by atoms with Crippen molar-refractivity contribution in [1.82, 2.24) is 0 Å². The second kappa shape index (κ2) is 12.7. The summed E-state index contributed by atoms with van der Waals surface area (Å²) in [7, 11) is 0. The van der Waals surface area contributed by atoms with Crippen LogP contribution in [0.5, 0.6) is 0 Å². The van der Waals surface area contributed by atoms with E-state index in [2.05, 4.69) is 6.92 Å². The standard InChI is InChI=1S/C14H26O4.K.Li/c1-5-6-7-8-10(14(2,3)4)9-11(12(15)16)13(17)18;;/h10-11H,5-9H2,1-4H3,(H,15,16)(H,17,18);;/q;2*+1/p-2. The molecule has 4 nitrogen and oxygen atoms in total. The van der Waals surface area contributed by atoms with Crippen molar-refractivity contribution in [3.05, 3.63) is 0 Å². The van der Waals surface area contributed by atoms with E-state index >= 15 is 0 Å². The number of hydrogen-bond acceptors (Lipinski definition) is 4. The van der Waals surface area contributed by atoms with Crippen LogP contribution in [0.15, 0.2) is 0 Å². The molecule has 0 heterocycles. The zero-order chi connectivity index (χ0) is 14.3. The predicted octanol–water partition coefficient (Wildman–Crippen LogP) is -5.26. The summed E-state index contributed by atoms with van der Waals surface area (Å²) < 4.78 is 0. The molecule has 0 radical (unpaired) electrons. The maximum Gasteiger partial charge on any atom is 1.00 e. The van der Waals surface area contributed by atoms with Crippen LogP contribution in [-0.2, 0) is 9.59 Å². The molecule has 0 aliphatic carbocycles. The van der Waals surface area contributed by atoms with Crippen molar-refractivity contribution >= 4 is 11.9 Å². The molecular weight excluding hydrogens is 278 g/mol. The first-order valence-electron chi connectivity index (χ1n) is 6.61. The first kappa shape index (κ1) is 26.1. The minimum atomic E-state index is -1.54. The molecule has 0 bridgehead atoms. The van der Waals surface area contributed by atoms with E-state index in [4.69, 9.17) is 0 Å². The summed E-state index contributed by atoms with van der Waals surface area (Å²) >= 11 is 0. The number of carboxylic acid groups (broad SMARTS) is 2. The van der Waals surface area contributed by atoms with Gasteiger partial charge in [0, 0.05) is 5.92 Å². The molecule has 106 valence electrons. The largest absolute Gasteiger partial charge is 1.00 e. The third kappa shape index (κ3) is 10.8. The Bertz CT molecular complexity index is 275. The van der Waals surface area contributed by atoms with Crippen LogP contribution in [0, 0.1) is 17.3 Å². The number of hydrogen-bond donors (Lipinski definition) is 0. The third-order valence-corrected chi connectivity index (χ3v) is 3.47. The molecule has 0 rings (SSSR count). The minimum absolute atomic E-state index is 0. The summed E-state index contributed by atoms with van der Waals surface area (Å²) in [6, 6.07) is 0. The number of aliphatic carboxylic acids is 2. The van der Waals surface area contributed by atoms with Crippen molar-refractivity contribution in [3.8, 4) is 0 Å². The molecule has 1 atom stereocenters. The zero-order valence-corrected chi connectivity index (χ0v) is 16.9. The Balaban J connectivity index is -0.00000144. The summed E-state index contributed by atoms with van der Waals surface area (Å²) in [4.78, 5) is 21.6. The van der Waals surface area contributed by atoms with Crippen molar-refractivity contribution in [2.24, 2.45) is 17.3 Å². The van der Waals surface area contributed by atoms with E-state index in [1.165, 1.54) is 0 Å². The molecule has 0 aromatic heterocycles. The Kier molecular flexibility index (Phi) is 16.6. The molecule has 0 aliphatic heterocycles. The van der Waals surface area contributed by atoms with Gasteiger partial charge < -0.3 is 19.8 Å². The smallest absolute Gasteiger partial charge is 0.549 e. The summed E-state index contributed by atoms with van der Waals surface area (Å²) in [5, 5.41) is 21.6. The number of unbranched alkanes of at least 4 members (excludes halogenated alkanes) is 2. The topological polar surface area (TPSA) is 80.3 Å². The van der Waals surface area contributed by atoms with Gasteiger partial charge in [0.1, 0.15) is 0 Å². The fraction of sp³-hybridized carbons (Fsp3) is 0.857. The van der Waals surface area contributed by atoms with Crippen molar-refractivity contribution in [3.63, 3.8) is 0 Å². The molecule has 0 aromatic rings. The van der Waals surface area contributed by atoms with Gasteiger partial charge in [-0.3, -0.25) is 0 Å². The van der Waals surface area contributed by atoms with Gasteiger partial charge in [-0.05, 0) is 24.2 Å². The maximum atomic E-state index is 10.8. The normalized spacial score (nSPS) is 12.2. The number of carbonyl (C=O) groups is 2. The van der Waals surface area contributed by atoms with Crippen molar-refractivity contribution in [2.45, 2.75) is 59.8 Å². The van der Waals surface area contributed by atoms with E-state index in [0.29, 0.717) is 0 Å². The van der Waals surface area contributed by atoms with Crippen molar-refractivity contribution in [2.75, 3.05) is 0 Å².